The summed E-state index contributed by atoms with van der Waals surface area (Å²) in [6, 6.07) is 19.0. The maximum atomic E-state index is 5.38. The molecule has 4 rings (SSSR count). The first kappa shape index (κ1) is 19.3. The SMILES string of the molecule is C=C(C)C1=C(C)C=C2CC(=Cc3ccccc3)C(=C)C2C1c1ccc(OC)cc1. The van der Waals surface area contributed by atoms with Crippen LogP contribution in [0.1, 0.15) is 37.3 Å². The molecule has 0 spiro atoms. The topological polar surface area (TPSA) is 9.23 Å². The Labute approximate surface area is 174 Å². The van der Waals surface area contributed by atoms with E-state index in [1.165, 1.54) is 39.0 Å². The van der Waals surface area contributed by atoms with E-state index in [1.54, 1.807) is 7.11 Å². The average molecular weight is 381 g/mol. The van der Waals surface area contributed by atoms with Gasteiger partial charge in [-0.05, 0) is 65.8 Å². The monoisotopic (exact) mass is 380 g/mol. The lowest BCUT2D eigenvalue weighted by Crippen LogP contribution is -2.20. The Morgan fingerprint density at radius 1 is 1.03 bits per heavy atom. The summed E-state index contributed by atoms with van der Waals surface area (Å²) in [5, 5.41) is 0. The van der Waals surface area contributed by atoms with Crippen LogP contribution in [0.2, 0.25) is 0 Å². The van der Waals surface area contributed by atoms with Crippen molar-refractivity contribution in [1.82, 2.24) is 0 Å². The van der Waals surface area contributed by atoms with E-state index < -0.39 is 0 Å². The molecule has 0 bridgehead atoms. The normalized spacial score (nSPS) is 22.5. The molecule has 0 heterocycles. The molecule has 0 saturated heterocycles. The summed E-state index contributed by atoms with van der Waals surface area (Å²) in [5.74, 6) is 1.41. The molecular weight excluding hydrogens is 352 g/mol. The minimum atomic E-state index is 0.243. The van der Waals surface area contributed by atoms with Crippen molar-refractivity contribution in [1.29, 1.82) is 0 Å². The molecule has 0 amide bonds. The van der Waals surface area contributed by atoms with E-state index in [-0.39, 0.29) is 11.8 Å². The van der Waals surface area contributed by atoms with Gasteiger partial charge in [-0.15, -0.1) is 0 Å². The van der Waals surface area contributed by atoms with Gasteiger partial charge in [0.25, 0.3) is 0 Å². The molecule has 2 aliphatic rings. The summed E-state index contributed by atoms with van der Waals surface area (Å²) in [7, 11) is 1.71. The van der Waals surface area contributed by atoms with Crippen molar-refractivity contribution in [3.8, 4) is 5.75 Å². The minimum Gasteiger partial charge on any atom is -0.497 e. The summed E-state index contributed by atoms with van der Waals surface area (Å²) in [5.41, 5.74) is 10.3. The van der Waals surface area contributed by atoms with Gasteiger partial charge in [-0.25, -0.2) is 0 Å². The fourth-order valence-corrected chi connectivity index (χ4v) is 4.86. The molecule has 1 fully saturated rings. The Morgan fingerprint density at radius 2 is 1.72 bits per heavy atom. The van der Waals surface area contributed by atoms with E-state index in [2.05, 4.69) is 93.8 Å². The number of allylic oxidation sites excluding steroid dienone is 7. The molecule has 29 heavy (non-hydrogen) atoms. The third-order valence-electron chi connectivity index (χ3n) is 6.13. The molecule has 0 radical (unpaired) electrons. The van der Waals surface area contributed by atoms with Crippen molar-refractivity contribution < 1.29 is 4.74 Å². The molecule has 1 nitrogen and oxygen atoms in total. The lowest BCUT2D eigenvalue weighted by molar-refractivity contribution is 0.414. The second kappa shape index (κ2) is 7.75. The first-order valence-electron chi connectivity index (χ1n) is 10.2. The van der Waals surface area contributed by atoms with Gasteiger partial charge in [0, 0.05) is 11.8 Å². The highest BCUT2D eigenvalue weighted by Crippen LogP contribution is 2.54. The molecule has 2 aliphatic carbocycles. The maximum Gasteiger partial charge on any atom is 0.118 e. The molecule has 0 aromatic heterocycles. The maximum absolute atomic E-state index is 5.38. The van der Waals surface area contributed by atoms with Gasteiger partial charge in [0.2, 0.25) is 0 Å². The fourth-order valence-electron chi connectivity index (χ4n) is 4.86. The number of methoxy groups -OCH3 is 1. The number of ether oxygens (including phenoxy) is 1. The second-order valence-electron chi connectivity index (χ2n) is 8.11. The van der Waals surface area contributed by atoms with Crippen molar-refractivity contribution in [2.75, 3.05) is 7.11 Å². The Kier molecular flexibility index (Phi) is 5.15. The van der Waals surface area contributed by atoms with Crippen LogP contribution in [0.4, 0.5) is 0 Å². The predicted octanol–water partition coefficient (Wildman–Crippen LogP) is 7.27. The van der Waals surface area contributed by atoms with Crippen LogP contribution in [0.15, 0.2) is 107 Å². The summed E-state index contributed by atoms with van der Waals surface area (Å²) in [4.78, 5) is 0. The van der Waals surface area contributed by atoms with Gasteiger partial charge in [-0.3, -0.25) is 0 Å². The smallest absolute Gasteiger partial charge is 0.118 e. The van der Waals surface area contributed by atoms with Crippen molar-refractivity contribution >= 4 is 6.08 Å². The highest BCUT2D eigenvalue weighted by molar-refractivity contribution is 5.67. The van der Waals surface area contributed by atoms with Crippen LogP contribution in [-0.4, -0.2) is 7.11 Å². The van der Waals surface area contributed by atoms with Gasteiger partial charge in [0.15, 0.2) is 0 Å². The molecule has 2 aromatic rings. The van der Waals surface area contributed by atoms with Crippen LogP contribution in [-0.2, 0) is 0 Å². The summed E-state index contributed by atoms with van der Waals surface area (Å²) < 4.78 is 5.38. The Hall–Kier alpha value is -3.06. The van der Waals surface area contributed by atoms with Crippen LogP contribution in [0.5, 0.6) is 5.75 Å². The quantitative estimate of drug-likeness (QED) is 0.542. The molecule has 2 atom stereocenters. The van der Waals surface area contributed by atoms with E-state index >= 15 is 0 Å². The van der Waals surface area contributed by atoms with Gasteiger partial charge < -0.3 is 4.74 Å². The summed E-state index contributed by atoms with van der Waals surface area (Å²) in [6.07, 6.45) is 5.62. The molecule has 1 heteroatoms. The molecular formula is C28H28O. The van der Waals surface area contributed by atoms with Crippen molar-refractivity contribution in [3.63, 3.8) is 0 Å². The van der Waals surface area contributed by atoms with Gasteiger partial charge in [0.05, 0.1) is 7.11 Å². The molecule has 0 N–H and O–H groups in total. The number of fused-ring (bicyclic) bond motifs is 1. The Bertz CT molecular complexity index is 1050. The third kappa shape index (κ3) is 3.53. The number of rotatable bonds is 4. The zero-order valence-electron chi connectivity index (χ0n) is 17.5. The van der Waals surface area contributed by atoms with E-state index in [0.29, 0.717) is 0 Å². The van der Waals surface area contributed by atoms with Crippen LogP contribution >= 0.6 is 0 Å². The Balaban J connectivity index is 1.80. The van der Waals surface area contributed by atoms with Crippen LogP contribution < -0.4 is 4.74 Å². The predicted molar refractivity (Wildman–Crippen MR) is 123 cm³/mol. The molecule has 2 unspecified atom stereocenters. The van der Waals surface area contributed by atoms with E-state index in [9.17, 15) is 0 Å². The van der Waals surface area contributed by atoms with Crippen molar-refractivity contribution in [3.05, 3.63) is 118 Å². The van der Waals surface area contributed by atoms with Crippen molar-refractivity contribution in [2.45, 2.75) is 26.2 Å². The molecule has 1 saturated carbocycles. The third-order valence-corrected chi connectivity index (χ3v) is 6.13. The summed E-state index contributed by atoms with van der Waals surface area (Å²) in [6.45, 7) is 13.2. The fraction of sp³-hybridized carbons (Fsp3) is 0.214. The average Bonchev–Trinajstić information content (AvgIpc) is 3.02. The van der Waals surface area contributed by atoms with E-state index in [4.69, 9.17) is 4.74 Å². The zero-order chi connectivity index (χ0) is 20.5. The number of hydrogen-bond donors (Lipinski definition) is 0. The van der Waals surface area contributed by atoms with Gasteiger partial charge in [-0.2, -0.15) is 0 Å². The molecule has 2 aromatic carbocycles. The first-order chi connectivity index (χ1) is 14.0. The standard InChI is InChI=1S/C28H28O/c1-18(2)26-19(3)15-24-17-23(16-21-9-7-6-8-10-21)20(4)27(24)28(26)22-11-13-25(29-5)14-12-22/h6-16,27-28H,1,4,17H2,2-3,5H3. The van der Waals surface area contributed by atoms with Gasteiger partial charge in [0.1, 0.15) is 5.75 Å². The van der Waals surface area contributed by atoms with Gasteiger partial charge >= 0.3 is 0 Å². The number of benzene rings is 2. The molecule has 0 aliphatic heterocycles. The second-order valence-corrected chi connectivity index (χ2v) is 8.11. The Morgan fingerprint density at radius 3 is 2.34 bits per heavy atom. The summed E-state index contributed by atoms with van der Waals surface area (Å²) >= 11 is 0. The van der Waals surface area contributed by atoms with Gasteiger partial charge in [-0.1, -0.05) is 78.9 Å². The van der Waals surface area contributed by atoms with Crippen LogP contribution in [0.3, 0.4) is 0 Å². The molecule has 146 valence electrons. The van der Waals surface area contributed by atoms with E-state index in [0.717, 1.165) is 17.7 Å². The highest BCUT2D eigenvalue weighted by atomic mass is 16.5. The van der Waals surface area contributed by atoms with Crippen LogP contribution in [0, 0.1) is 5.92 Å². The number of hydrogen-bond acceptors (Lipinski definition) is 1. The minimum absolute atomic E-state index is 0.243. The van der Waals surface area contributed by atoms with Crippen molar-refractivity contribution in [2.24, 2.45) is 5.92 Å². The lowest BCUT2D eigenvalue weighted by atomic mass is 9.70. The zero-order valence-corrected chi connectivity index (χ0v) is 17.5. The van der Waals surface area contributed by atoms with E-state index in [1.807, 2.05) is 0 Å². The lowest BCUT2D eigenvalue weighted by Gasteiger charge is -2.34. The largest absolute Gasteiger partial charge is 0.497 e. The van der Waals surface area contributed by atoms with Crippen LogP contribution in [0.25, 0.3) is 6.08 Å². The first-order valence-corrected chi connectivity index (χ1v) is 10.2. The highest BCUT2D eigenvalue weighted by Gasteiger charge is 2.40.